The summed E-state index contributed by atoms with van der Waals surface area (Å²) in [5.74, 6) is 0.522. The van der Waals surface area contributed by atoms with Crippen molar-refractivity contribution in [2.75, 3.05) is 16.8 Å². The van der Waals surface area contributed by atoms with E-state index < -0.39 is 6.10 Å². The average molecular weight is 311 g/mol. The Morgan fingerprint density at radius 1 is 1.22 bits per heavy atom. The molecule has 1 aromatic heterocycles. The van der Waals surface area contributed by atoms with E-state index in [4.69, 9.17) is 4.74 Å². The molecular formula is C17H17N3O3. The van der Waals surface area contributed by atoms with Gasteiger partial charge in [0.15, 0.2) is 6.10 Å². The molecule has 1 aromatic carbocycles. The first kappa shape index (κ1) is 15.0. The van der Waals surface area contributed by atoms with Crippen LogP contribution in [0.1, 0.15) is 12.6 Å². The molecule has 118 valence electrons. The lowest BCUT2D eigenvalue weighted by molar-refractivity contribution is -0.123. The van der Waals surface area contributed by atoms with Crippen molar-refractivity contribution >= 4 is 23.3 Å². The Morgan fingerprint density at radius 2 is 2.00 bits per heavy atom. The number of hydrogen-bond acceptors (Lipinski definition) is 4. The third-order valence-electron chi connectivity index (χ3n) is 3.59. The smallest absolute Gasteiger partial charge is 0.268 e. The van der Waals surface area contributed by atoms with Gasteiger partial charge in [-0.1, -0.05) is 18.2 Å². The minimum Gasteiger partial charge on any atom is -0.476 e. The standard InChI is InChI=1S/C17H17N3O3/c1-11-6-5-9-16(18-11)19-17(22)15-10-20(12(2)21)13-7-3-4-8-14(13)23-15/h3-9,15H,10H2,1-2H3,(H,18,19,22). The Bertz CT molecular complexity index is 760. The minimum absolute atomic E-state index is 0.132. The fourth-order valence-corrected chi connectivity index (χ4v) is 2.49. The third kappa shape index (κ3) is 3.15. The predicted octanol–water partition coefficient (Wildman–Crippen LogP) is 2.14. The molecule has 6 heteroatoms. The number of rotatable bonds is 2. The Balaban J connectivity index is 1.81. The normalized spacial score (nSPS) is 16.3. The first-order chi connectivity index (χ1) is 11.0. The van der Waals surface area contributed by atoms with E-state index in [0.717, 1.165) is 5.69 Å². The van der Waals surface area contributed by atoms with Crippen molar-refractivity contribution in [1.82, 2.24) is 4.98 Å². The summed E-state index contributed by atoms with van der Waals surface area (Å²) in [6.07, 6.45) is -0.781. The molecule has 23 heavy (non-hydrogen) atoms. The van der Waals surface area contributed by atoms with Gasteiger partial charge < -0.3 is 15.0 Å². The SMILES string of the molecule is CC(=O)N1CC(C(=O)Nc2cccc(C)n2)Oc2ccccc21. The number of nitrogens with one attached hydrogen (secondary N) is 1. The quantitative estimate of drug-likeness (QED) is 0.922. The molecule has 0 bridgehead atoms. The molecule has 1 aliphatic rings. The van der Waals surface area contributed by atoms with Crippen LogP contribution in [0.3, 0.4) is 0 Å². The molecule has 0 radical (unpaired) electrons. The highest BCUT2D eigenvalue weighted by Gasteiger charge is 2.32. The minimum atomic E-state index is -0.781. The number of anilines is 2. The molecule has 0 aliphatic carbocycles. The molecule has 2 aromatic rings. The van der Waals surface area contributed by atoms with E-state index in [1.807, 2.05) is 25.1 Å². The first-order valence-electron chi connectivity index (χ1n) is 7.33. The Kier molecular flexibility index (Phi) is 3.97. The lowest BCUT2D eigenvalue weighted by atomic mass is 10.1. The van der Waals surface area contributed by atoms with Crippen LogP contribution in [0.5, 0.6) is 5.75 Å². The maximum Gasteiger partial charge on any atom is 0.268 e. The number of carbonyl (C=O) groups is 2. The summed E-state index contributed by atoms with van der Waals surface area (Å²) in [4.78, 5) is 30.1. The summed E-state index contributed by atoms with van der Waals surface area (Å²) in [6.45, 7) is 3.49. The van der Waals surface area contributed by atoms with E-state index in [1.54, 1.807) is 29.2 Å². The molecule has 1 N–H and O–H groups in total. The first-order valence-corrected chi connectivity index (χ1v) is 7.33. The number of pyridine rings is 1. The van der Waals surface area contributed by atoms with Crippen LogP contribution in [-0.2, 0) is 9.59 Å². The summed E-state index contributed by atoms with van der Waals surface area (Å²) >= 11 is 0. The number of aromatic nitrogens is 1. The number of ether oxygens (including phenoxy) is 1. The van der Waals surface area contributed by atoms with Crippen molar-refractivity contribution in [3.8, 4) is 5.75 Å². The van der Waals surface area contributed by atoms with Crippen LogP contribution in [0, 0.1) is 6.92 Å². The third-order valence-corrected chi connectivity index (χ3v) is 3.59. The number of carbonyl (C=O) groups excluding carboxylic acids is 2. The molecule has 1 atom stereocenters. The second kappa shape index (κ2) is 6.08. The van der Waals surface area contributed by atoms with Gasteiger partial charge in [-0.3, -0.25) is 9.59 Å². The van der Waals surface area contributed by atoms with E-state index in [9.17, 15) is 9.59 Å². The van der Waals surface area contributed by atoms with Gasteiger partial charge in [-0.2, -0.15) is 0 Å². The zero-order valence-corrected chi connectivity index (χ0v) is 12.9. The van der Waals surface area contributed by atoms with Gasteiger partial charge in [-0.15, -0.1) is 0 Å². The van der Waals surface area contributed by atoms with Gasteiger partial charge in [-0.05, 0) is 31.2 Å². The topological polar surface area (TPSA) is 71.5 Å². The number of para-hydroxylation sites is 2. The summed E-state index contributed by atoms with van der Waals surface area (Å²) in [5, 5.41) is 2.73. The molecule has 0 saturated carbocycles. The molecule has 0 spiro atoms. The van der Waals surface area contributed by atoms with Gasteiger partial charge in [0.25, 0.3) is 5.91 Å². The van der Waals surface area contributed by atoms with E-state index in [-0.39, 0.29) is 18.4 Å². The Labute approximate surface area is 134 Å². The molecule has 0 fully saturated rings. The van der Waals surface area contributed by atoms with Gasteiger partial charge >= 0.3 is 0 Å². The summed E-state index contributed by atoms with van der Waals surface area (Å²) in [6, 6.07) is 12.6. The monoisotopic (exact) mass is 311 g/mol. The summed E-state index contributed by atoms with van der Waals surface area (Å²) in [5.41, 5.74) is 1.49. The van der Waals surface area contributed by atoms with Crippen molar-refractivity contribution < 1.29 is 14.3 Å². The number of fused-ring (bicyclic) bond motifs is 1. The highest BCUT2D eigenvalue weighted by molar-refractivity contribution is 5.99. The number of amides is 2. The lowest BCUT2D eigenvalue weighted by Crippen LogP contribution is -2.48. The van der Waals surface area contributed by atoms with Gasteiger partial charge in [0.1, 0.15) is 11.6 Å². The van der Waals surface area contributed by atoms with Gasteiger partial charge in [-0.25, -0.2) is 4.98 Å². The van der Waals surface area contributed by atoms with Crippen molar-refractivity contribution in [2.45, 2.75) is 20.0 Å². The van der Waals surface area contributed by atoms with E-state index in [1.165, 1.54) is 6.92 Å². The maximum atomic E-state index is 12.4. The fourth-order valence-electron chi connectivity index (χ4n) is 2.49. The number of aryl methyl sites for hydroxylation is 1. The van der Waals surface area contributed by atoms with Crippen LogP contribution >= 0.6 is 0 Å². The number of hydrogen-bond donors (Lipinski definition) is 1. The van der Waals surface area contributed by atoms with Crippen molar-refractivity contribution in [1.29, 1.82) is 0 Å². The number of nitrogens with zero attached hydrogens (tertiary/aromatic N) is 2. The van der Waals surface area contributed by atoms with Crippen molar-refractivity contribution in [3.05, 3.63) is 48.2 Å². The van der Waals surface area contributed by atoms with Crippen molar-refractivity contribution in [3.63, 3.8) is 0 Å². The zero-order valence-electron chi connectivity index (χ0n) is 12.9. The second-order valence-corrected chi connectivity index (χ2v) is 5.36. The van der Waals surface area contributed by atoms with Crippen LogP contribution in [0.15, 0.2) is 42.5 Å². The summed E-state index contributed by atoms with van der Waals surface area (Å²) < 4.78 is 5.74. The van der Waals surface area contributed by atoms with E-state index >= 15 is 0 Å². The highest BCUT2D eigenvalue weighted by atomic mass is 16.5. The van der Waals surface area contributed by atoms with Gasteiger partial charge in [0.2, 0.25) is 5.91 Å². The van der Waals surface area contributed by atoms with Gasteiger partial charge in [0, 0.05) is 12.6 Å². The Morgan fingerprint density at radius 3 is 2.74 bits per heavy atom. The van der Waals surface area contributed by atoms with E-state index in [2.05, 4.69) is 10.3 Å². The summed E-state index contributed by atoms with van der Waals surface area (Å²) in [7, 11) is 0. The molecule has 1 aliphatic heterocycles. The average Bonchev–Trinajstić information content (AvgIpc) is 2.53. The van der Waals surface area contributed by atoms with E-state index in [0.29, 0.717) is 17.3 Å². The Hall–Kier alpha value is -2.89. The van der Waals surface area contributed by atoms with Crippen LogP contribution < -0.4 is 15.0 Å². The van der Waals surface area contributed by atoms with Crippen LogP contribution in [-0.4, -0.2) is 29.4 Å². The molecule has 2 amide bonds. The van der Waals surface area contributed by atoms with Gasteiger partial charge in [0.05, 0.1) is 12.2 Å². The molecule has 1 unspecified atom stereocenters. The second-order valence-electron chi connectivity index (χ2n) is 5.36. The fraction of sp³-hybridized carbons (Fsp3) is 0.235. The lowest BCUT2D eigenvalue weighted by Gasteiger charge is -2.33. The maximum absolute atomic E-state index is 12.4. The van der Waals surface area contributed by atoms with Crippen LogP contribution in [0.25, 0.3) is 0 Å². The number of benzene rings is 1. The largest absolute Gasteiger partial charge is 0.476 e. The zero-order chi connectivity index (χ0) is 16.4. The molecule has 2 heterocycles. The molecule has 6 nitrogen and oxygen atoms in total. The molecular weight excluding hydrogens is 294 g/mol. The predicted molar refractivity (Wildman–Crippen MR) is 86.5 cm³/mol. The van der Waals surface area contributed by atoms with Crippen molar-refractivity contribution in [2.24, 2.45) is 0 Å². The van der Waals surface area contributed by atoms with Crippen LogP contribution in [0.2, 0.25) is 0 Å². The highest BCUT2D eigenvalue weighted by Crippen LogP contribution is 2.33. The van der Waals surface area contributed by atoms with Crippen LogP contribution in [0.4, 0.5) is 11.5 Å². The molecule has 0 saturated heterocycles. The molecule has 3 rings (SSSR count).